The van der Waals surface area contributed by atoms with Gasteiger partial charge in [0, 0.05) is 18.0 Å². The zero-order valence-electron chi connectivity index (χ0n) is 12.8. The number of aryl methyl sites for hydroxylation is 2. The summed E-state index contributed by atoms with van der Waals surface area (Å²) in [5.41, 5.74) is 1.17. The summed E-state index contributed by atoms with van der Waals surface area (Å²) in [5, 5.41) is 10.4. The molecule has 0 spiro atoms. The van der Waals surface area contributed by atoms with E-state index in [2.05, 4.69) is 16.5 Å². The summed E-state index contributed by atoms with van der Waals surface area (Å²) in [4.78, 5) is 24.1. The van der Waals surface area contributed by atoms with Crippen molar-refractivity contribution >= 4 is 21.6 Å². The van der Waals surface area contributed by atoms with Gasteiger partial charge < -0.3 is 10.1 Å². The lowest BCUT2D eigenvalue weighted by Gasteiger charge is -2.21. The highest BCUT2D eigenvalue weighted by molar-refractivity contribution is 7.18. The molecule has 1 atom stereocenters. The summed E-state index contributed by atoms with van der Waals surface area (Å²) in [6, 6.07) is 0. The smallest absolute Gasteiger partial charge is 0.259 e. The van der Waals surface area contributed by atoms with E-state index in [1.165, 1.54) is 10.4 Å². The Morgan fingerprint density at radius 2 is 2.36 bits per heavy atom. The zero-order valence-corrected chi connectivity index (χ0v) is 13.6. The number of thiophene rings is 1. The number of aromatic nitrogens is 2. The Bertz CT molecular complexity index is 748. The molecule has 0 radical (unpaired) electrons. The molecule has 3 rings (SSSR count). The minimum Gasteiger partial charge on any atom is -0.392 e. The van der Waals surface area contributed by atoms with E-state index in [9.17, 15) is 9.90 Å². The van der Waals surface area contributed by atoms with Crippen LogP contribution in [0.1, 0.15) is 29.6 Å². The summed E-state index contributed by atoms with van der Waals surface area (Å²) in [5.74, 6) is 0.653. The Morgan fingerprint density at radius 3 is 3.09 bits per heavy atom. The standard InChI is InChI=1S/C16H21N3O2S/c1-3-7-19(8-10(2)20)9-13-17-15(21)14-11-5-4-6-12(11)22-16(14)18-13/h3,10,20H,1,4-9H2,2H3,(H,17,18,21). The average Bonchev–Trinajstić information content (AvgIpc) is 2.97. The van der Waals surface area contributed by atoms with Gasteiger partial charge in [-0.15, -0.1) is 17.9 Å². The lowest BCUT2D eigenvalue weighted by Crippen LogP contribution is -2.32. The van der Waals surface area contributed by atoms with E-state index in [4.69, 9.17) is 0 Å². The summed E-state index contributed by atoms with van der Waals surface area (Å²) in [6.07, 6.45) is 4.55. The van der Waals surface area contributed by atoms with Crippen LogP contribution in [0.4, 0.5) is 0 Å². The van der Waals surface area contributed by atoms with Crippen molar-refractivity contribution in [1.29, 1.82) is 0 Å². The number of hydrogen-bond acceptors (Lipinski definition) is 5. The predicted molar refractivity (Wildman–Crippen MR) is 89.4 cm³/mol. The molecule has 0 bridgehead atoms. The zero-order chi connectivity index (χ0) is 15.7. The van der Waals surface area contributed by atoms with Crippen molar-refractivity contribution in [3.8, 4) is 0 Å². The molecule has 118 valence electrons. The number of aliphatic hydroxyl groups excluding tert-OH is 1. The Labute approximate surface area is 133 Å². The molecular formula is C16H21N3O2S. The summed E-state index contributed by atoms with van der Waals surface area (Å²) in [7, 11) is 0. The van der Waals surface area contributed by atoms with E-state index in [-0.39, 0.29) is 5.56 Å². The van der Waals surface area contributed by atoms with Gasteiger partial charge in [-0.05, 0) is 31.7 Å². The van der Waals surface area contributed by atoms with Gasteiger partial charge in [-0.25, -0.2) is 4.98 Å². The van der Waals surface area contributed by atoms with Gasteiger partial charge in [0.1, 0.15) is 10.7 Å². The van der Waals surface area contributed by atoms with Gasteiger partial charge in [0.05, 0.1) is 18.0 Å². The molecule has 2 N–H and O–H groups in total. The topological polar surface area (TPSA) is 69.2 Å². The second kappa shape index (κ2) is 6.32. The highest BCUT2D eigenvalue weighted by Gasteiger charge is 2.21. The van der Waals surface area contributed by atoms with Crippen LogP contribution in [0.3, 0.4) is 0 Å². The molecule has 0 fully saturated rings. The highest BCUT2D eigenvalue weighted by atomic mass is 32.1. The van der Waals surface area contributed by atoms with Crippen LogP contribution in [0.15, 0.2) is 17.4 Å². The number of nitrogens with one attached hydrogen (secondary N) is 1. The highest BCUT2D eigenvalue weighted by Crippen LogP contribution is 2.34. The van der Waals surface area contributed by atoms with Gasteiger partial charge in [-0.3, -0.25) is 9.69 Å². The fourth-order valence-electron chi connectivity index (χ4n) is 3.09. The van der Waals surface area contributed by atoms with Gasteiger partial charge in [-0.1, -0.05) is 6.08 Å². The van der Waals surface area contributed by atoms with E-state index in [1.807, 2.05) is 4.90 Å². The Balaban J connectivity index is 1.91. The third-order valence-corrected chi connectivity index (χ3v) is 5.09. The number of fused-ring (bicyclic) bond motifs is 3. The van der Waals surface area contributed by atoms with Crippen molar-refractivity contribution in [3.63, 3.8) is 0 Å². The lowest BCUT2D eigenvalue weighted by molar-refractivity contribution is 0.128. The van der Waals surface area contributed by atoms with Crippen LogP contribution in [-0.4, -0.2) is 39.2 Å². The van der Waals surface area contributed by atoms with Crippen molar-refractivity contribution in [3.05, 3.63) is 39.3 Å². The fourth-order valence-corrected chi connectivity index (χ4v) is 4.37. The molecule has 0 saturated heterocycles. The summed E-state index contributed by atoms with van der Waals surface area (Å²) < 4.78 is 0. The predicted octanol–water partition coefficient (Wildman–Crippen LogP) is 1.84. The first-order valence-corrected chi connectivity index (χ1v) is 8.45. The number of nitrogens with zero attached hydrogens (tertiary/aromatic N) is 2. The molecule has 0 amide bonds. The third kappa shape index (κ3) is 2.99. The van der Waals surface area contributed by atoms with Crippen LogP contribution in [0.5, 0.6) is 0 Å². The minimum atomic E-state index is -0.430. The maximum Gasteiger partial charge on any atom is 0.259 e. The van der Waals surface area contributed by atoms with E-state index < -0.39 is 6.10 Å². The van der Waals surface area contributed by atoms with Gasteiger partial charge in [0.15, 0.2) is 0 Å². The minimum absolute atomic E-state index is 0.0324. The second-order valence-corrected chi connectivity index (χ2v) is 6.97. The number of H-pyrrole nitrogens is 1. The molecule has 1 aliphatic carbocycles. The second-order valence-electron chi connectivity index (χ2n) is 5.88. The SMILES string of the molecule is C=CCN(Cc1nc2sc3c(c2c(=O)[nH]1)CCC3)CC(C)O. The quantitative estimate of drug-likeness (QED) is 0.797. The molecule has 1 aliphatic rings. The van der Waals surface area contributed by atoms with E-state index >= 15 is 0 Å². The monoisotopic (exact) mass is 319 g/mol. The summed E-state index contributed by atoms with van der Waals surface area (Å²) >= 11 is 1.65. The van der Waals surface area contributed by atoms with Crippen LogP contribution < -0.4 is 5.56 Å². The fraction of sp³-hybridized carbons (Fsp3) is 0.500. The molecule has 0 saturated carbocycles. The van der Waals surface area contributed by atoms with E-state index in [1.54, 1.807) is 24.3 Å². The van der Waals surface area contributed by atoms with Gasteiger partial charge in [0.2, 0.25) is 0 Å². The largest absolute Gasteiger partial charge is 0.392 e. The van der Waals surface area contributed by atoms with Crippen LogP contribution in [0, 0.1) is 0 Å². The van der Waals surface area contributed by atoms with Crippen molar-refractivity contribution < 1.29 is 5.11 Å². The Kier molecular flexibility index (Phi) is 4.42. The van der Waals surface area contributed by atoms with E-state index in [0.717, 1.165) is 29.5 Å². The van der Waals surface area contributed by atoms with Gasteiger partial charge in [-0.2, -0.15) is 0 Å². The lowest BCUT2D eigenvalue weighted by atomic mass is 10.2. The Hall–Kier alpha value is -1.50. The van der Waals surface area contributed by atoms with Crippen molar-refractivity contribution in [2.45, 2.75) is 38.8 Å². The molecule has 0 aliphatic heterocycles. The Morgan fingerprint density at radius 1 is 1.55 bits per heavy atom. The molecule has 6 heteroatoms. The molecule has 2 heterocycles. The molecule has 5 nitrogen and oxygen atoms in total. The van der Waals surface area contributed by atoms with Crippen LogP contribution >= 0.6 is 11.3 Å². The average molecular weight is 319 g/mol. The first-order chi connectivity index (χ1) is 10.6. The van der Waals surface area contributed by atoms with Crippen molar-refractivity contribution in [2.75, 3.05) is 13.1 Å². The maximum atomic E-state index is 12.4. The van der Waals surface area contributed by atoms with Gasteiger partial charge >= 0.3 is 0 Å². The van der Waals surface area contributed by atoms with Crippen LogP contribution in [-0.2, 0) is 19.4 Å². The number of aromatic amines is 1. The number of aliphatic hydroxyl groups is 1. The maximum absolute atomic E-state index is 12.4. The molecule has 2 aromatic heterocycles. The number of hydrogen-bond donors (Lipinski definition) is 2. The normalized spacial score (nSPS) is 15.4. The van der Waals surface area contributed by atoms with Crippen molar-refractivity contribution in [1.82, 2.24) is 14.9 Å². The van der Waals surface area contributed by atoms with Crippen LogP contribution in [0.25, 0.3) is 10.2 Å². The molecule has 22 heavy (non-hydrogen) atoms. The molecular weight excluding hydrogens is 298 g/mol. The summed E-state index contributed by atoms with van der Waals surface area (Å²) in [6.45, 7) is 7.16. The van der Waals surface area contributed by atoms with Crippen molar-refractivity contribution in [2.24, 2.45) is 0 Å². The molecule has 0 aromatic carbocycles. The van der Waals surface area contributed by atoms with Crippen LogP contribution in [0.2, 0.25) is 0 Å². The first kappa shape index (κ1) is 15.4. The third-order valence-electron chi connectivity index (χ3n) is 3.91. The molecule has 1 unspecified atom stereocenters. The first-order valence-electron chi connectivity index (χ1n) is 7.63. The van der Waals surface area contributed by atoms with Gasteiger partial charge in [0.25, 0.3) is 5.56 Å². The van der Waals surface area contributed by atoms with E-state index in [0.29, 0.717) is 25.5 Å². The molecule has 2 aromatic rings. The number of rotatable bonds is 6.